The van der Waals surface area contributed by atoms with Crippen LogP contribution in [-0.4, -0.2) is 15.3 Å². The SMILES string of the molecule is FC(F)(F)c1ccc(/C(C2=N/C(=C(/c3ccc(C(F)(F)F)cc3)c3ccc(Br)[nH]3)C=C2)=C2\C=CC(Br)=N2)cc1. The number of rotatable bonds is 4. The van der Waals surface area contributed by atoms with Gasteiger partial charge in [0.25, 0.3) is 0 Å². The topological polar surface area (TPSA) is 40.5 Å². The van der Waals surface area contributed by atoms with Gasteiger partial charge in [0, 0.05) is 16.8 Å². The highest BCUT2D eigenvalue weighted by molar-refractivity contribution is 9.18. The third-order valence-corrected chi connectivity index (χ3v) is 6.84. The van der Waals surface area contributed by atoms with E-state index in [2.05, 4.69) is 41.8 Å². The summed E-state index contributed by atoms with van der Waals surface area (Å²) in [6.07, 6.45) is -2.13. The molecule has 2 aliphatic heterocycles. The Labute approximate surface area is 235 Å². The molecule has 1 N–H and O–H groups in total. The van der Waals surface area contributed by atoms with Crippen molar-refractivity contribution < 1.29 is 26.3 Å². The largest absolute Gasteiger partial charge is 0.416 e. The van der Waals surface area contributed by atoms with E-state index >= 15 is 0 Å². The molecule has 0 radical (unpaired) electrons. The van der Waals surface area contributed by atoms with Gasteiger partial charge in [0.15, 0.2) is 0 Å². The Bertz CT molecular complexity index is 1620. The molecule has 3 heterocycles. The number of aliphatic imine (C=N–C) groups is 2. The number of alkyl halides is 6. The second-order valence-corrected chi connectivity index (χ2v) is 10.2. The molecule has 39 heavy (non-hydrogen) atoms. The van der Waals surface area contributed by atoms with Gasteiger partial charge in [-0.2, -0.15) is 26.3 Å². The van der Waals surface area contributed by atoms with E-state index < -0.39 is 23.5 Å². The number of allylic oxidation sites excluding steroid dienone is 5. The third kappa shape index (κ3) is 5.79. The Morgan fingerprint density at radius 3 is 1.56 bits per heavy atom. The lowest BCUT2D eigenvalue weighted by molar-refractivity contribution is -0.138. The zero-order valence-electron chi connectivity index (χ0n) is 19.5. The van der Waals surface area contributed by atoms with Crippen molar-refractivity contribution >= 4 is 53.3 Å². The van der Waals surface area contributed by atoms with Gasteiger partial charge in [-0.3, -0.25) is 0 Å². The molecular weight excluding hydrogens is 652 g/mol. The summed E-state index contributed by atoms with van der Waals surface area (Å²) in [5, 5.41) is 0. The van der Waals surface area contributed by atoms with Crippen LogP contribution in [0.4, 0.5) is 26.3 Å². The van der Waals surface area contributed by atoms with Gasteiger partial charge in [-0.05, 0) is 104 Å². The number of H-pyrrole nitrogens is 1. The quantitative estimate of drug-likeness (QED) is 0.270. The molecule has 2 aromatic carbocycles. The fourth-order valence-electron chi connectivity index (χ4n) is 4.15. The van der Waals surface area contributed by atoms with Crippen LogP contribution in [0.2, 0.25) is 0 Å². The molecule has 3 aromatic rings. The van der Waals surface area contributed by atoms with Crippen LogP contribution in [0.15, 0.2) is 111 Å². The summed E-state index contributed by atoms with van der Waals surface area (Å²) in [6.45, 7) is 0. The molecule has 0 fully saturated rings. The maximum absolute atomic E-state index is 13.2. The highest BCUT2D eigenvalue weighted by atomic mass is 79.9. The first kappa shape index (κ1) is 27.1. The summed E-state index contributed by atoms with van der Waals surface area (Å²) in [4.78, 5) is 12.3. The number of nitrogens with one attached hydrogen (secondary N) is 1. The summed E-state index contributed by atoms with van der Waals surface area (Å²) in [5.74, 6) is 0. The van der Waals surface area contributed by atoms with Gasteiger partial charge in [0.05, 0.1) is 32.8 Å². The maximum atomic E-state index is 13.2. The van der Waals surface area contributed by atoms with E-state index in [1.807, 2.05) is 0 Å². The summed E-state index contributed by atoms with van der Waals surface area (Å²) in [6, 6.07) is 13.0. The Balaban J connectivity index is 1.65. The van der Waals surface area contributed by atoms with E-state index in [0.717, 1.165) is 24.3 Å². The number of nitrogens with zero attached hydrogens (tertiary/aromatic N) is 2. The summed E-state index contributed by atoms with van der Waals surface area (Å²) in [5.41, 5.74) is 2.43. The normalized spacial score (nSPS) is 17.9. The molecule has 0 bridgehead atoms. The number of hydrogen-bond acceptors (Lipinski definition) is 2. The lowest BCUT2D eigenvalue weighted by Gasteiger charge is -2.12. The first-order valence-electron chi connectivity index (χ1n) is 11.3. The minimum Gasteiger partial charge on any atom is -0.349 e. The number of aromatic nitrogens is 1. The van der Waals surface area contributed by atoms with Crippen molar-refractivity contribution in [2.45, 2.75) is 12.4 Å². The van der Waals surface area contributed by atoms with Gasteiger partial charge in [-0.25, -0.2) is 9.98 Å². The van der Waals surface area contributed by atoms with E-state index in [-0.39, 0.29) is 0 Å². The van der Waals surface area contributed by atoms with Gasteiger partial charge in [-0.15, -0.1) is 0 Å². The minimum absolute atomic E-state index is 0.436. The molecule has 198 valence electrons. The van der Waals surface area contributed by atoms with E-state index in [9.17, 15) is 26.3 Å². The first-order valence-corrected chi connectivity index (χ1v) is 12.9. The second-order valence-electron chi connectivity index (χ2n) is 8.49. The highest BCUT2D eigenvalue weighted by Gasteiger charge is 2.31. The molecule has 0 amide bonds. The van der Waals surface area contributed by atoms with Crippen LogP contribution in [0.5, 0.6) is 0 Å². The maximum Gasteiger partial charge on any atom is 0.416 e. The highest BCUT2D eigenvalue weighted by Crippen LogP contribution is 2.37. The molecule has 0 unspecified atom stereocenters. The van der Waals surface area contributed by atoms with Crippen molar-refractivity contribution in [3.8, 4) is 0 Å². The molecule has 0 aliphatic carbocycles. The minimum atomic E-state index is -4.48. The smallest absolute Gasteiger partial charge is 0.349 e. The van der Waals surface area contributed by atoms with Gasteiger partial charge in [-0.1, -0.05) is 24.3 Å². The molecule has 0 saturated heterocycles. The second kappa shape index (κ2) is 10.3. The Kier molecular flexibility index (Phi) is 7.15. The van der Waals surface area contributed by atoms with Gasteiger partial charge >= 0.3 is 12.4 Å². The van der Waals surface area contributed by atoms with Gasteiger partial charge in [0.1, 0.15) is 4.62 Å². The van der Waals surface area contributed by atoms with Crippen molar-refractivity contribution in [2.75, 3.05) is 0 Å². The zero-order valence-corrected chi connectivity index (χ0v) is 22.7. The summed E-state index contributed by atoms with van der Waals surface area (Å²) >= 11 is 6.67. The van der Waals surface area contributed by atoms with Crippen LogP contribution >= 0.6 is 31.9 Å². The lowest BCUT2D eigenvalue weighted by Crippen LogP contribution is -2.06. The summed E-state index contributed by atoms with van der Waals surface area (Å²) < 4.78 is 80.2. The summed E-state index contributed by atoms with van der Waals surface area (Å²) in [7, 11) is 0. The van der Waals surface area contributed by atoms with Gasteiger partial charge in [0.2, 0.25) is 0 Å². The Morgan fingerprint density at radius 1 is 0.590 bits per heavy atom. The van der Waals surface area contributed by atoms with E-state index in [4.69, 9.17) is 4.99 Å². The van der Waals surface area contributed by atoms with Crippen molar-refractivity contribution in [3.05, 3.63) is 129 Å². The van der Waals surface area contributed by atoms with Crippen LogP contribution in [0.3, 0.4) is 0 Å². The first-order chi connectivity index (χ1) is 18.4. The number of halogens is 8. The Morgan fingerprint density at radius 2 is 1.10 bits per heavy atom. The molecule has 0 spiro atoms. The van der Waals surface area contributed by atoms with Crippen molar-refractivity contribution in [2.24, 2.45) is 9.98 Å². The molecule has 11 heteroatoms. The van der Waals surface area contributed by atoms with E-state index in [1.54, 1.807) is 36.4 Å². The standard InChI is InChI=1S/C28H15Br2F6N3/c29-23-13-11-21(38-23)25(15-1-5-17(6-2-15)27(31,32)33)19-9-10-20(37-19)26(22-12-14-24(30)39-22)16-3-7-18(8-4-16)28(34,35)36/h1-14,38H/b25-19-,26-22-. The molecule has 0 saturated carbocycles. The van der Waals surface area contributed by atoms with Crippen molar-refractivity contribution in [3.63, 3.8) is 0 Å². The van der Waals surface area contributed by atoms with Crippen molar-refractivity contribution in [1.29, 1.82) is 0 Å². The van der Waals surface area contributed by atoms with Crippen LogP contribution < -0.4 is 0 Å². The lowest BCUT2D eigenvalue weighted by atomic mass is 9.97. The third-order valence-electron chi connectivity index (χ3n) is 5.94. The molecular formula is C28H15Br2F6N3. The number of benzene rings is 2. The molecule has 5 rings (SSSR count). The fourth-order valence-corrected chi connectivity index (χ4v) is 4.82. The monoisotopic (exact) mass is 665 g/mol. The van der Waals surface area contributed by atoms with Gasteiger partial charge < -0.3 is 4.98 Å². The van der Waals surface area contributed by atoms with Crippen LogP contribution in [-0.2, 0) is 12.4 Å². The molecule has 3 nitrogen and oxygen atoms in total. The van der Waals surface area contributed by atoms with E-state index in [1.165, 1.54) is 24.3 Å². The van der Waals surface area contributed by atoms with Crippen LogP contribution in [0.1, 0.15) is 27.9 Å². The molecule has 0 atom stereocenters. The van der Waals surface area contributed by atoms with Crippen LogP contribution in [0, 0.1) is 0 Å². The average Bonchev–Trinajstić information content (AvgIpc) is 3.62. The molecule has 2 aliphatic rings. The predicted molar refractivity (Wildman–Crippen MR) is 146 cm³/mol. The molecule has 1 aromatic heterocycles. The number of aromatic amines is 1. The van der Waals surface area contributed by atoms with E-state index in [0.29, 0.717) is 54.3 Å². The fraction of sp³-hybridized carbons (Fsp3) is 0.0714. The number of hydrogen-bond donors (Lipinski definition) is 1. The van der Waals surface area contributed by atoms with Crippen molar-refractivity contribution in [1.82, 2.24) is 4.98 Å². The zero-order chi connectivity index (χ0) is 27.9. The van der Waals surface area contributed by atoms with Crippen LogP contribution in [0.25, 0.3) is 11.1 Å². The predicted octanol–water partition coefficient (Wildman–Crippen LogP) is 9.36. The average molecular weight is 667 g/mol. The Hall–Kier alpha value is -3.44.